The largest absolute Gasteiger partial charge is 0.496 e. The lowest BCUT2D eigenvalue weighted by Gasteiger charge is -2.33. The zero-order valence-corrected chi connectivity index (χ0v) is 20.4. The Kier molecular flexibility index (Phi) is 6.98. The maximum atomic E-state index is 13.7. The molecule has 1 aromatic heterocycles. The number of nitrogens with one attached hydrogen (secondary N) is 1. The topological polar surface area (TPSA) is 76.5 Å². The van der Waals surface area contributed by atoms with Crippen molar-refractivity contribution in [1.29, 1.82) is 0 Å². The second-order valence-electron chi connectivity index (χ2n) is 9.12. The normalized spacial score (nSPS) is 15.6. The Hall–Kier alpha value is -4.13. The Balaban J connectivity index is 1.38. The molecule has 1 N–H and O–H groups in total. The molecule has 0 radical (unpaired) electrons. The molecule has 1 saturated heterocycles. The maximum absolute atomic E-state index is 13.7. The molecule has 1 amide bonds. The van der Waals surface area contributed by atoms with E-state index in [-0.39, 0.29) is 17.4 Å². The van der Waals surface area contributed by atoms with Crippen LogP contribution in [0.2, 0.25) is 0 Å². The zero-order valence-electron chi connectivity index (χ0n) is 20.4. The SMILES string of the molecule is COc1ccccc1CNC(=O)C1CCCN(c2nc3ccccc3n(Cc3ccccc3)c2=O)C1. The highest BCUT2D eigenvalue weighted by atomic mass is 16.5. The lowest BCUT2D eigenvalue weighted by Crippen LogP contribution is -2.45. The molecule has 7 nitrogen and oxygen atoms in total. The number of para-hydroxylation sites is 3. The number of benzene rings is 3. The number of amides is 1. The average molecular weight is 483 g/mol. The van der Waals surface area contributed by atoms with Crippen molar-refractivity contribution in [2.75, 3.05) is 25.1 Å². The van der Waals surface area contributed by atoms with Gasteiger partial charge in [0, 0.05) is 25.2 Å². The Labute approximate surface area is 210 Å². The van der Waals surface area contributed by atoms with Gasteiger partial charge in [-0.15, -0.1) is 0 Å². The van der Waals surface area contributed by atoms with Crippen molar-refractivity contribution in [3.8, 4) is 5.75 Å². The number of anilines is 1. The number of nitrogens with zero attached hydrogens (tertiary/aromatic N) is 3. The fraction of sp³-hybridized carbons (Fsp3) is 0.276. The van der Waals surface area contributed by atoms with Crippen molar-refractivity contribution >= 4 is 22.8 Å². The first kappa shape index (κ1) is 23.6. The van der Waals surface area contributed by atoms with Crippen LogP contribution in [0, 0.1) is 5.92 Å². The van der Waals surface area contributed by atoms with Gasteiger partial charge in [0.1, 0.15) is 5.75 Å². The molecule has 2 heterocycles. The second kappa shape index (κ2) is 10.6. The molecular formula is C29H30N4O3. The van der Waals surface area contributed by atoms with Gasteiger partial charge in [-0.3, -0.25) is 14.2 Å². The van der Waals surface area contributed by atoms with Crippen LogP contribution in [0.1, 0.15) is 24.0 Å². The molecule has 0 aliphatic carbocycles. The Morgan fingerprint density at radius 2 is 1.78 bits per heavy atom. The molecule has 1 unspecified atom stereocenters. The van der Waals surface area contributed by atoms with Crippen LogP contribution < -0.4 is 20.5 Å². The summed E-state index contributed by atoms with van der Waals surface area (Å²) in [5, 5.41) is 3.05. The van der Waals surface area contributed by atoms with E-state index in [9.17, 15) is 9.59 Å². The number of carbonyl (C=O) groups is 1. The third-order valence-corrected chi connectivity index (χ3v) is 6.76. The molecule has 36 heavy (non-hydrogen) atoms. The van der Waals surface area contributed by atoms with Crippen LogP contribution in [-0.4, -0.2) is 35.7 Å². The van der Waals surface area contributed by atoms with Crippen molar-refractivity contribution in [3.05, 3.63) is 100 Å². The van der Waals surface area contributed by atoms with Crippen LogP contribution in [0.5, 0.6) is 5.75 Å². The molecule has 3 aromatic carbocycles. The van der Waals surface area contributed by atoms with E-state index < -0.39 is 0 Å². The zero-order chi connectivity index (χ0) is 24.9. The van der Waals surface area contributed by atoms with Gasteiger partial charge in [-0.1, -0.05) is 60.7 Å². The molecule has 5 rings (SSSR count). The lowest BCUT2D eigenvalue weighted by atomic mass is 9.97. The van der Waals surface area contributed by atoms with Crippen molar-refractivity contribution in [2.24, 2.45) is 5.92 Å². The molecule has 1 aliphatic rings. The van der Waals surface area contributed by atoms with Gasteiger partial charge in [0.25, 0.3) is 5.56 Å². The smallest absolute Gasteiger partial charge is 0.294 e. The molecule has 4 aromatic rings. The number of rotatable bonds is 7. The number of fused-ring (bicyclic) bond motifs is 1. The number of ether oxygens (including phenoxy) is 1. The van der Waals surface area contributed by atoms with E-state index in [4.69, 9.17) is 9.72 Å². The van der Waals surface area contributed by atoms with Crippen molar-refractivity contribution in [3.63, 3.8) is 0 Å². The summed E-state index contributed by atoms with van der Waals surface area (Å²) in [4.78, 5) is 33.5. The van der Waals surface area contributed by atoms with E-state index in [1.807, 2.05) is 83.8 Å². The third-order valence-electron chi connectivity index (χ3n) is 6.76. The van der Waals surface area contributed by atoms with Crippen LogP contribution in [0.3, 0.4) is 0 Å². The molecule has 1 fully saturated rings. The summed E-state index contributed by atoms with van der Waals surface area (Å²) in [6.45, 7) is 2.02. The Morgan fingerprint density at radius 1 is 1.03 bits per heavy atom. The summed E-state index contributed by atoms with van der Waals surface area (Å²) < 4.78 is 7.19. The van der Waals surface area contributed by atoms with Gasteiger partial charge < -0.3 is 15.0 Å². The van der Waals surface area contributed by atoms with Gasteiger partial charge in [-0.25, -0.2) is 4.98 Å². The highest BCUT2D eigenvalue weighted by Gasteiger charge is 2.28. The fourth-order valence-electron chi connectivity index (χ4n) is 4.87. The lowest BCUT2D eigenvalue weighted by molar-refractivity contribution is -0.125. The number of carbonyl (C=O) groups excluding carboxylic acids is 1. The predicted octanol–water partition coefficient (Wildman–Crippen LogP) is 3.99. The summed E-state index contributed by atoms with van der Waals surface area (Å²) in [6.07, 6.45) is 1.60. The second-order valence-corrected chi connectivity index (χ2v) is 9.12. The third kappa shape index (κ3) is 4.96. The quantitative estimate of drug-likeness (QED) is 0.431. The number of hydrogen-bond acceptors (Lipinski definition) is 5. The summed E-state index contributed by atoms with van der Waals surface area (Å²) in [6, 6.07) is 25.3. The van der Waals surface area contributed by atoms with Crippen LogP contribution >= 0.6 is 0 Å². The first-order chi connectivity index (χ1) is 17.6. The molecule has 184 valence electrons. The number of piperidine rings is 1. The van der Waals surface area contributed by atoms with Gasteiger partial charge in [0.15, 0.2) is 5.82 Å². The van der Waals surface area contributed by atoms with Crippen LogP contribution in [0.25, 0.3) is 11.0 Å². The monoisotopic (exact) mass is 482 g/mol. The highest BCUT2D eigenvalue weighted by Crippen LogP contribution is 2.23. The van der Waals surface area contributed by atoms with Gasteiger partial charge in [-0.05, 0) is 36.6 Å². The highest BCUT2D eigenvalue weighted by molar-refractivity contribution is 5.80. The minimum absolute atomic E-state index is 0.0176. The maximum Gasteiger partial charge on any atom is 0.294 e. The van der Waals surface area contributed by atoms with Crippen LogP contribution in [-0.2, 0) is 17.9 Å². The summed E-state index contributed by atoms with van der Waals surface area (Å²) >= 11 is 0. The van der Waals surface area contributed by atoms with Gasteiger partial charge in [0.05, 0.1) is 30.6 Å². The molecule has 0 saturated carbocycles. The minimum atomic E-state index is -0.219. The first-order valence-electron chi connectivity index (χ1n) is 12.3. The molecular weight excluding hydrogens is 452 g/mol. The van der Waals surface area contributed by atoms with Gasteiger partial charge in [-0.2, -0.15) is 0 Å². The van der Waals surface area contributed by atoms with Crippen molar-refractivity contribution < 1.29 is 9.53 Å². The van der Waals surface area contributed by atoms with E-state index in [0.717, 1.165) is 40.8 Å². The average Bonchev–Trinajstić information content (AvgIpc) is 2.94. The minimum Gasteiger partial charge on any atom is -0.496 e. The Morgan fingerprint density at radius 3 is 2.61 bits per heavy atom. The number of methoxy groups -OCH3 is 1. The molecule has 1 atom stereocenters. The number of hydrogen-bond donors (Lipinski definition) is 1. The Bertz CT molecular complexity index is 1420. The molecule has 7 heteroatoms. The molecule has 0 spiro atoms. The standard InChI is InChI=1S/C29H30N4O3/c1-36-26-16-8-5-12-22(26)18-30-28(34)23-13-9-17-32(20-23)27-29(35)33(19-21-10-3-2-4-11-21)25-15-7-6-14-24(25)31-27/h2-8,10-12,14-16,23H,9,13,17-20H2,1H3,(H,30,34). The van der Waals surface area contributed by atoms with Gasteiger partial charge >= 0.3 is 0 Å². The first-order valence-corrected chi connectivity index (χ1v) is 12.3. The summed E-state index contributed by atoms with van der Waals surface area (Å²) in [5.74, 6) is 0.925. The summed E-state index contributed by atoms with van der Waals surface area (Å²) in [7, 11) is 1.63. The van der Waals surface area contributed by atoms with E-state index in [0.29, 0.717) is 32.0 Å². The molecule has 0 bridgehead atoms. The number of aromatic nitrogens is 2. The molecule has 1 aliphatic heterocycles. The van der Waals surface area contributed by atoms with Gasteiger partial charge in [0.2, 0.25) is 5.91 Å². The van der Waals surface area contributed by atoms with Crippen LogP contribution in [0.4, 0.5) is 5.82 Å². The van der Waals surface area contributed by atoms with Crippen LogP contribution in [0.15, 0.2) is 83.7 Å². The van der Waals surface area contributed by atoms with E-state index in [2.05, 4.69) is 5.32 Å². The van der Waals surface area contributed by atoms with E-state index >= 15 is 0 Å². The van der Waals surface area contributed by atoms with E-state index in [1.165, 1.54) is 0 Å². The van der Waals surface area contributed by atoms with Crippen molar-refractivity contribution in [2.45, 2.75) is 25.9 Å². The van der Waals surface area contributed by atoms with E-state index in [1.54, 1.807) is 11.7 Å². The summed E-state index contributed by atoms with van der Waals surface area (Å²) in [5.41, 5.74) is 3.42. The fourth-order valence-corrected chi connectivity index (χ4v) is 4.87. The predicted molar refractivity (Wildman–Crippen MR) is 141 cm³/mol. The van der Waals surface area contributed by atoms with Crippen molar-refractivity contribution in [1.82, 2.24) is 14.9 Å².